The van der Waals surface area contributed by atoms with Crippen LogP contribution < -0.4 is 0 Å². The summed E-state index contributed by atoms with van der Waals surface area (Å²) in [5.41, 5.74) is 0.883. The van der Waals surface area contributed by atoms with Gasteiger partial charge in [-0.2, -0.15) is 0 Å². The third kappa shape index (κ3) is 1.43. The summed E-state index contributed by atoms with van der Waals surface area (Å²) in [7, 11) is 0. The summed E-state index contributed by atoms with van der Waals surface area (Å²) >= 11 is 0. The Kier molecular flexibility index (Phi) is 2.66. The van der Waals surface area contributed by atoms with E-state index in [0.717, 1.165) is 35.5 Å². The van der Waals surface area contributed by atoms with Gasteiger partial charge in [0.2, 0.25) is 0 Å². The molecule has 0 aliphatic heterocycles. The molecule has 4 saturated carbocycles. The standard InChI is InChI=1S/C18H26O2/c1-10(2)17(19)20-9-18-14-5-4-12(7-14)16(18)13-6-11(3)15(18)8-13/h11-16H,1,4-9H2,2-3H3. The van der Waals surface area contributed by atoms with E-state index in [1.807, 2.05) is 0 Å². The van der Waals surface area contributed by atoms with Gasteiger partial charge >= 0.3 is 5.97 Å². The molecule has 4 aliphatic carbocycles. The number of rotatable bonds is 3. The molecule has 2 nitrogen and oxygen atoms in total. The number of hydrogen-bond acceptors (Lipinski definition) is 2. The molecule has 20 heavy (non-hydrogen) atoms. The van der Waals surface area contributed by atoms with Gasteiger partial charge in [-0.3, -0.25) is 0 Å². The number of esters is 1. The molecule has 0 heterocycles. The number of ether oxygens (including phenoxy) is 1. The minimum absolute atomic E-state index is 0.184. The van der Waals surface area contributed by atoms with Crippen molar-refractivity contribution in [1.82, 2.24) is 0 Å². The fourth-order valence-corrected chi connectivity index (χ4v) is 6.89. The molecule has 4 fully saturated rings. The third-order valence-corrected chi connectivity index (χ3v) is 7.28. The van der Waals surface area contributed by atoms with Gasteiger partial charge in [-0.1, -0.05) is 13.5 Å². The van der Waals surface area contributed by atoms with E-state index in [1.165, 1.54) is 32.1 Å². The van der Waals surface area contributed by atoms with Gasteiger partial charge in [-0.15, -0.1) is 0 Å². The van der Waals surface area contributed by atoms with E-state index in [-0.39, 0.29) is 5.97 Å². The van der Waals surface area contributed by atoms with Crippen molar-refractivity contribution in [3.8, 4) is 0 Å². The second kappa shape index (κ2) is 4.11. The normalized spacial score (nSPS) is 51.3. The molecular weight excluding hydrogens is 248 g/mol. The number of hydrogen-bond donors (Lipinski definition) is 0. The summed E-state index contributed by atoms with van der Waals surface area (Å²) < 4.78 is 5.71. The summed E-state index contributed by atoms with van der Waals surface area (Å²) in [5, 5.41) is 0. The zero-order valence-electron chi connectivity index (χ0n) is 12.7. The van der Waals surface area contributed by atoms with Crippen molar-refractivity contribution in [2.75, 3.05) is 6.61 Å². The van der Waals surface area contributed by atoms with Crippen molar-refractivity contribution in [3.63, 3.8) is 0 Å². The minimum Gasteiger partial charge on any atom is -0.462 e. The summed E-state index contributed by atoms with van der Waals surface area (Å²) in [6, 6.07) is 0. The maximum atomic E-state index is 11.9. The van der Waals surface area contributed by atoms with E-state index in [4.69, 9.17) is 4.74 Å². The second-order valence-corrected chi connectivity index (χ2v) is 8.08. The van der Waals surface area contributed by atoms with Gasteiger partial charge in [0, 0.05) is 11.0 Å². The van der Waals surface area contributed by atoms with Crippen LogP contribution in [0.2, 0.25) is 0 Å². The summed E-state index contributed by atoms with van der Waals surface area (Å²) in [6.07, 6.45) is 7.05. The Labute approximate surface area is 122 Å². The predicted octanol–water partition coefficient (Wildman–Crippen LogP) is 3.81. The lowest BCUT2D eigenvalue weighted by Gasteiger charge is -2.48. The predicted molar refractivity (Wildman–Crippen MR) is 77.9 cm³/mol. The molecule has 4 bridgehead atoms. The lowest BCUT2D eigenvalue weighted by Crippen LogP contribution is -2.47. The second-order valence-electron chi connectivity index (χ2n) is 8.08. The first-order valence-corrected chi connectivity index (χ1v) is 8.36. The molecule has 0 aromatic rings. The lowest BCUT2D eigenvalue weighted by atomic mass is 9.57. The molecule has 0 amide bonds. The molecule has 0 radical (unpaired) electrons. The summed E-state index contributed by atoms with van der Waals surface area (Å²) in [5.74, 6) is 5.01. The Hall–Kier alpha value is -0.790. The van der Waals surface area contributed by atoms with Crippen LogP contribution in [0.15, 0.2) is 12.2 Å². The Balaban J connectivity index is 1.63. The van der Waals surface area contributed by atoms with Crippen LogP contribution in [0.1, 0.15) is 46.0 Å². The van der Waals surface area contributed by atoms with Gasteiger partial charge in [0.1, 0.15) is 0 Å². The molecule has 0 saturated heterocycles. The van der Waals surface area contributed by atoms with Gasteiger partial charge in [-0.25, -0.2) is 4.79 Å². The zero-order chi connectivity index (χ0) is 14.1. The van der Waals surface area contributed by atoms with Crippen LogP contribution in [0.3, 0.4) is 0 Å². The van der Waals surface area contributed by atoms with E-state index < -0.39 is 0 Å². The Morgan fingerprint density at radius 1 is 1.25 bits per heavy atom. The van der Waals surface area contributed by atoms with Crippen molar-refractivity contribution in [1.29, 1.82) is 0 Å². The summed E-state index contributed by atoms with van der Waals surface area (Å²) in [4.78, 5) is 11.9. The molecule has 0 aromatic heterocycles. The Bertz CT molecular complexity index is 468. The summed E-state index contributed by atoms with van der Waals surface area (Å²) in [6.45, 7) is 8.57. The third-order valence-electron chi connectivity index (χ3n) is 7.28. The number of fused-ring (bicyclic) bond motifs is 9. The number of carbonyl (C=O) groups is 1. The van der Waals surface area contributed by atoms with E-state index in [2.05, 4.69) is 13.5 Å². The molecule has 0 spiro atoms. The number of carbonyl (C=O) groups excluding carboxylic acids is 1. The molecule has 0 N–H and O–H groups in total. The van der Waals surface area contributed by atoms with Crippen LogP contribution in [0, 0.1) is 40.9 Å². The topological polar surface area (TPSA) is 26.3 Å². The first kappa shape index (κ1) is 12.9. The zero-order valence-corrected chi connectivity index (χ0v) is 12.7. The maximum Gasteiger partial charge on any atom is 0.333 e. The van der Waals surface area contributed by atoms with Crippen molar-refractivity contribution in [2.24, 2.45) is 40.9 Å². The fourth-order valence-electron chi connectivity index (χ4n) is 6.89. The van der Waals surface area contributed by atoms with Crippen molar-refractivity contribution in [2.45, 2.75) is 46.0 Å². The molecule has 110 valence electrons. The van der Waals surface area contributed by atoms with Crippen LogP contribution in [-0.4, -0.2) is 12.6 Å². The molecule has 4 rings (SSSR count). The highest BCUT2D eigenvalue weighted by molar-refractivity contribution is 5.86. The fraction of sp³-hybridized carbons (Fsp3) is 0.833. The maximum absolute atomic E-state index is 11.9. The quantitative estimate of drug-likeness (QED) is 0.444. The molecule has 7 atom stereocenters. The van der Waals surface area contributed by atoms with Gasteiger partial charge in [-0.05, 0) is 74.5 Å². The highest BCUT2D eigenvalue weighted by Gasteiger charge is 2.70. The smallest absolute Gasteiger partial charge is 0.333 e. The lowest BCUT2D eigenvalue weighted by molar-refractivity contribution is -0.149. The average molecular weight is 274 g/mol. The van der Waals surface area contributed by atoms with Crippen molar-refractivity contribution >= 4 is 5.97 Å². The van der Waals surface area contributed by atoms with Gasteiger partial charge in [0.05, 0.1) is 6.61 Å². The Morgan fingerprint density at radius 2 is 2.05 bits per heavy atom. The molecular formula is C18H26O2. The Morgan fingerprint density at radius 3 is 2.80 bits per heavy atom. The van der Waals surface area contributed by atoms with Gasteiger partial charge in [0.25, 0.3) is 0 Å². The van der Waals surface area contributed by atoms with E-state index in [0.29, 0.717) is 17.6 Å². The first-order chi connectivity index (χ1) is 9.54. The molecule has 2 heteroatoms. The highest BCUT2D eigenvalue weighted by atomic mass is 16.5. The SMILES string of the molecule is C=C(C)C(=O)OCC12C3CCC(C3)C1C1CC(C)C2C1. The van der Waals surface area contributed by atoms with Crippen LogP contribution >= 0.6 is 0 Å². The van der Waals surface area contributed by atoms with Gasteiger partial charge in [0.15, 0.2) is 0 Å². The van der Waals surface area contributed by atoms with Gasteiger partial charge < -0.3 is 4.74 Å². The van der Waals surface area contributed by atoms with E-state index in [9.17, 15) is 4.79 Å². The molecule has 0 aromatic carbocycles. The molecule has 7 unspecified atom stereocenters. The monoisotopic (exact) mass is 274 g/mol. The van der Waals surface area contributed by atoms with Crippen LogP contribution in [0.25, 0.3) is 0 Å². The van der Waals surface area contributed by atoms with E-state index in [1.54, 1.807) is 6.92 Å². The van der Waals surface area contributed by atoms with Crippen LogP contribution in [-0.2, 0) is 9.53 Å². The molecule has 4 aliphatic rings. The highest BCUT2D eigenvalue weighted by Crippen LogP contribution is 2.75. The minimum atomic E-state index is -0.184. The first-order valence-electron chi connectivity index (χ1n) is 8.36. The van der Waals surface area contributed by atoms with Crippen LogP contribution in [0.5, 0.6) is 0 Å². The van der Waals surface area contributed by atoms with Crippen molar-refractivity contribution < 1.29 is 9.53 Å². The largest absolute Gasteiger partial charge is 0.462 e. The van der Waals surface area contributed by atoms with E-state index >= 15 is 0 Å². The van der Waals surface area contributed by atoms with Crippen molar-refractivity contribution in [3.05, 3.63) is 12.2 Å². The average Bonchev–Trinajstić information content (AvgIpc) is 3.12. The van der Waals surface area contributed by atoms with Crippen LogP contribution in [0.4, 0.5) is 0 Å².